The fraction of sp³-hybridized carbons (Fsp3) is 0.231. The quantitative estimate of drug-likeness (QED) is 0.555. The molecule has 2 aromatic rings. The summed E-state index contributed by atoms with van der Waals surface area (Å²) >= 11 is 0. The van der Waals surface area contributed by atoms with Gasteiger partial charge in [-0.2, -0.15) is 0 Å². The lowest BCUT2D eigenvalue weighted by Crippen LogP contribution is -2.09. The van der Waals surface area contributed by atoms with Gasteiger partial charge in [-0.1, -0.05) is 25.5 Å². The number of nitrogens with zero attached hydrogens (tertiary/aromatic N) is 2. The Morgan fingerprint density at radius 2 is 1.83 bits per heavy atom. The third-order valence-electron chi connectivity index (χ3n) is 2.55. The van der Waals surface area contributed by atoms with Crippen LogP contribution in [0.1, 0.15) is 18.9 Å². The van der Waals surface area contributed by atoms with Gasteiger partial charge in [0.2, 0.25) is 0 Å². The van der Waals surface area contributed by atoms with Crippen molar-refractivity contribution < 1.29 is 0 Å². The number of aryl methyl sites for hydroxylation is 1. The smallest absolute Gasteiger partial charge is 0.160 e. The Labute approximate surface area is 106 Å². The van der Waals surface area contributed by atoms with Crippen LogP contribution in [0.15, 0.2) is 36.7 Å². The lowest BCUT2D eigenvalue weighted by Gasteiger charge is -2.07. The van der Waals surface area contributed by atoms with E-state index in [0.717, 1.165) is 18.5 Å². The molecule has 94 valence electrons. The summed E-state index contributed by atoms with van der Waals surface area (Å²) in [6.45, 7) is 2.17. The van der Waals surface area contributed by atoms with Gasteiger partial charge < -0.3 is 10.7 Å². The predicted octanol–water partition coefficient (Wildman–Crippen LogP) is 2.46. The molecule has 5 heteroatoms. The van der Waals surface area contributed by atoms with E-state index in [1.54, 1.807) is 12.4 Å². The van der Waals surface area contributed by atoms with Crippen LogP contribution in [0.4, 0.5) is 17.3 Å². The first-order valence-corrected chi connectivity index (χ1v) is 5.96. The van der Waals surface area contributed by atoms with Gasteiger partial charge in [0.15, 0.2) is 11.6 Å². The second-order valence-electron chi connectivity index (χ2n) is 4.01. The van der Waals surface area contributed by atoms with Crippen LogP contribution in [0, 0.1) is 0 Å². The average Bonchev–Trinajstić information content (AvgIpc) is 2.42. The van der Waals surface area contributed by atoms with Crippen molar-refractivity contribution in [2.75, 3.05) is 10.7 Å². The maximum atomic E-state index is 5.29. The summed E-state index contributed by atoms with van der Waals surface area (Å²) in [6, 6.07) is 8.30. The van der Waals surface area contributed by atoms with E-state index in [1.807, 2.05) is 12.1 Å². The Morgan fingerprint density at radius 1 is 1.11 bits per heavy atom. The van der Waals surface area contributed by atoms with Crippen LogP contribution in [0.5, 0.6) is 0 Å². The topological polar surface area (TPSA) is 75.9 Å². The van der Waals surface area contributed by atoms with Gasteiger partial charge in [-0.3, -0.25) is 4.98 Å². The maximum Gasteiger partial charge on any atom is 0.160 e. The van der Waals surface area contributed by atoms with Gasteiger partial charge in [0.1, 0.15) is 0 Å². The van der Waals surface area contributed by atoms with E-state index in [9.17, 15) is 0 Å². The minimum atomic E-state index is 0.530. The molecule has 0 radical (unpaired) electrons. The zero-order valence-electron chi connectivity index (χ0n) is 10.4. The van der Waals surface area contributed by atoms with Crippen molar-refractivity contribution in [3.63, 3.8) is 0 Å². The number of hydrogen-bond acceptors (Lipinski definition) is 5. The molecule has 1 heterocycles. The first kappa shape index (κ1) is 12.3. The van der Waals surface area contributed by atoms with Gasteiger partial charge in [0, 0.05) is 5.69 Å². The minimum Gasteiger partial charge on any atom is -0.339 e. The summed E-state index contributed by atoms with van der Waals surface area (Å²) in [5.41, 5.74) is 4.79. The van der Waals surface area contributed by atoms with Crippen LogP contribution in [-0.4, -0.2) is 9.97 Å². The van der Waals surface area contributed by atoms with Gasteiger partial charge in [0.05, 0.1) is 12.4 Å². The molecule has 0 fully saturated rings. The molecule has 0 aliphatic rings. The van der Waals surface area contributed by atoms with Crippen molar-refractivity contribution in [1.29, 1.82) is 0 Å². The lowest BCUT2D eigenvalue weighted by molar-refractivity contribution is 0.922. The van der Waals surface area contributed by atoms with E-state index in [2.05, 4.69) is 39.8 Å². The van der Waals surface area contributed by atoms with Crippen LogP contribution in [0.3, 0.4) is 0 Å². The molecular formula is C13H17N5. The first-order valence-electron chi connectivity index (χ1n) is 5.96. The Balaban J connectivity index is 2.08. The van der Waals surface area contributed by atoms with Gasteiger partial charge in [0.25, 0.3) is 0 Å². The molecule has 0 aliphatic carbocycles. The zero-order chi connectivity index (χ0) is 12.8. The van der Waals surface area contributed by atoms with Crippen molar-refractivity contribution >= 4 is 17.3 Å². The van der Waals surface area contributed by atoms with Crippen molar-refractivity contribution in [2.45, 2.75) is 19.8 Å². The summed E-state index contributed by atoms with van der Waals surface area (Å²) in [5.74, 6) is 6.48. The molecule has 0 unspecified atom stereocenters. The molecule has 0 saturated heterocycles. The van der Waals surface area contributed by atoms with E-state index < -0.39 is 0 Å². The summed E-state index contributed by atoms with van der Waals surface area (Å²) < 4.78 is 0. The van der Waals surface area contributed by atoms with Crippen molar-refractivity contribution in [1.82, 2.24) is 9.97 Å². The maximum absolute atomic E-state index is 5.29. The SMILES string of the molecule is CCCc1ccc(Nc2cncc(NN)n2)cc1. The number of nitrogen functional groups attached to an aromatic ring is 1. The minimum absolute atomic E-state index is 0.530. The predicted molar refractivity (Wildman–Crippen MR) is 73.6 cm³/mol. The monoisotopic (exact) mass is 243 g/mol. The summed E-state index contributed by atoms with van der Waals surface area (Å²) in [5, 5.41) is 3.18. The average molecular weight is 243 g/mol. The Hall–Kier alpha value is -2.14. The fourth-order valence-corrected chi connectivity index (χ4v) is 1.69. The molecule has 0 bridgehead atoms. The molecule has 0 spiro atoms. The number of hydrazine groups is 1. The van der Waals surface area contributed by atoms with Gasteiger partial charge in [-0.25, -0.2) is 10.8 Å². The zero-order valence-corrected chi connectivity index (χ0v) is 10.4. The largest absolute Gasteiger partial charge is 0.339 e. The van der Waals surface area contributed by atoms with Crippen LogP contribution in [0.2, 0.25) is 0 Å². The van der Waals surface area contributed by atoms with Crippen LogP contribution in [-0.2, 0) is 6.42 Å². The third kappa shape index (κ3) is 3.18. The number of nitrogens with one attached hydrogen (secondary N) is 2. The van der Waals surface area contributed by atoms with E-state index >= 15 is 0 Å². The van der Waals surface area contributed by atoms with Crippen molar-refractivity contribution in [2.24, 2.45) is 5.84 Å². The van der Waals surface area contributed by atoms with Gasteiger partial charge in [-0.05, 0) is 24.1 Å². The lowest BCUT2D eigenvalue weighted by atomic mass is 10.1. The number of anilines is 3. The van der Waals surface area contributed by atoms with E-state index in [4.69, 9.17) is 5.84 Å². The standard InChI is InChI=1S/C13H17N5/c1-2-3-10-4-6-11(7-5-10)16-12-8-15-9-13(17-12)18-14/h4-9H,2-3,14H2,1H3,(H2,16,17,18). The number of hydrogen-bond donors (Lipinski definition) is 3. The molecule has 4 N–H and O–H groups in total. The molecule has 2 rings (SSSR count). The Kier molecular flexibility index (Phi) is 4.09. The molecular weight excluding hydrogens is 226 g/mol. The number of nitrogens with two attached hydrogens (primary N) is 1. The van der Waals surface area contributed by atoms with E-state index in [-0.39, 0.29) is 0 Å². The second-order valence-corrected chi connectivity index (χ2v) is 4.01. The molecule has 1 aromatic carbocycles. The van der Waals surface area contributed by atoms with Crippen LogP contribution in [0.25, 0.3) is 0 Å². The molecule has 5 nitrogen and oxygen atoms in total. The highest BCUT2D eigenvalue weighted by Gasteiger charge is 1.98. The Morgan fingerprint density at radius 3 is 2.50 bits per heavy atom. The van der Waals surface area contributed by atoms with E-state index in [0.29, 0.717) is 11.6 Å². The molecule has 0 saturated carbocycles. The summed E-state index contributed by atoms with van der Waals surface area (Å²) in [7, 11) is 0. The Bertz CT molecular complexity index is 495. The fourth-order valence-electron chi connectivity index (χ4n) is 1.69. The summed E-state index contributed by atoms with van der Waals surface area (Å²) in [6.07, 6.45) is 5.48. The van der Waals surface area contributed by atoms with Crippen molar-refractivity contribution in [3.8, 4) is 0 Å². The first-order chi connectivity index (χ1) is 8.81. The van der Waals surface area contributed by atoms with Crippen LogP contribution < -0.4 is 16.6 Å². The molecule has 0 amide bonds. The number of benzene rings is 1. The number of rotatable bonds is 5. The highest BCUT2D eigenvalue weighted by atomic mass is 15.3. The highest BCUT2D eigenvalue weighted by Crippen LogP contribution is 2.16. The number of aromatic nitrogens is 2. The molecule has 1 aromatic heterocycles. The second kappa shape index (κ2) is 5.97. The third-order valence-corrected chi connectivity index (χ3v) is 2.55. The molecule has 0 atom stereocenters. The molecule has 0 aliphatic heterocycles. The van der Waals surface area contributed by atoms with Crippen LogP contribution >= 0.6 is 0 Å². The van der Waals surface area contributed by atoms with Gasteiger partial charge in [-0.15, -0.1) is 0 Å². The summed E-state index contributed by atoms with van der Waals surface area (Å²) in [4.78, 5) is 8.27. The van der Waals surface area contributed by atoms with Gasteiger partial charge >= 0.3 is 0 Å². The van der Waals surface area contributed by atoms with Crippen molar-refractivity contribution in [3.05, 3.63) is 42.2 Å². The van der Waals surface area contributed by atoms with E-state index in [1.165, 1.54) is 5.56 Å². The highest BCUT2D eigenvalue weighted by molar-refractivity contribution is 5.57. The normalized spacial score (nSPS) is 10.1. The molecule has 18 heavy (non-hydrogen) atoms.